The van der Waals surface area contributed by atoms with Crippen LogP contribution in [0, 0.1) is 0 Å². The molecule has 0 atom stereocenters. The molecule has 0 bridgehead atoms. The van der Waals surface area contributed by atoms with Crippen molar-refractivity contribution in [3.8, 4) is 5.75 Å². The van der Waals surface area contributed by atoms with Crippen LogP contribution in [0.1, 0.15) is 10.4 Å². The molecule has 64 valence electrons. The summed E-state index contributed by atoms with van der Waals surface area (Å²) < 4.78 is 0. The van der Waals surface area contributed by atoms with Crippen molar-refractivity contribution < 1.29 is 9.90 Å². The second kappa shape index (κ2) is 3.78. The summed E-state index contributed by atoms with van der Waals surface area (Å²) >= 11 is 11.0. The number of benzene rings is 1. The van der Waals surface area contributed by atoms with Crippen molar-refractivity contribution in [1.82, 2.24) is 0 Å². The molecule has 0 fully saturated rings. The number of halogens is 2. The normalized spacial score (nSPS) is 9.83. The van der Waals surface area contributed by atoms with Crippen molar-refractivity contribution in [2.45, 2.75) is 0 Å². The van der Waals surface area contributed by atoms with E-state index in [0.29, 0.717) is 0 Å². The van der Waals surface area contributed by atoms with Crippen LogP contribution >= 0.6 is 23.2 Å². The van der Waals surface area contributed by atoms with Gasteiger partial charge in [0.2, 0.25) is 0 Å². The molecule has 0 saturated carbocycles. The summed E-state index contributed by atoms with van der Waals surface area (Å²) in [4.78, 5) is 11.1. The van der Waals surface area contributed by atoms with Gasteiger partial charge in [-0.25, -0.2) is 0 Å². The van der Waals surface area contributed by atoms with E-state index in [4.69, 9.17) is 23.2 Å². The SMILES string of the molecule is O=C(CCl)c1c(O)cccc1Cl. The summed E-state index contributed by atoms with van der Waals surface area (Å²) in [5, 5.41) is 9.45. The fourth-order valence-electron chi connectivity index (χ4n) is 0.856. The fraction of sp³-hybridized carbons (Fsp3) is 0.125. The Morgan fingerprint density at radius 1 is 1.50 bits per heavy atom. The fourth-order valence-corrected chi connectivity index (χ4v) is 1.26. The molecule has 0 aliphatic rings. The Morgan fingerprint density at radius 3 is 2.67 bits per heavy atom. The molecule has 0 radical (unpaired) electrons. The van der Waals surface area contributed by atoms with E-state index in [1.807, 2.05) is 0 Å². The van der Waals surface area contributed by atoms with Crippen LogP contribution in [0.5, 0.6) is 5.75 Å². The van der Waals surface area contributed by atoms with Crippen LogP contribution in [0.4, 0.5) is 0 Å². The summed E-state index contributed by atoms with van der Waals surface area (Å²) in [6, 6.07) is 4.48. The molecule has 1 N–H and O–H groups in total. The highest BCUT2D eigenvalue weighted by Gasteiger charge is 2.13. The number of carbonyl (C=O) groups excluding carboxylic acids is 1. The number of phenolic OH excluding ortho intramolecular Hbond substituents is 1. The second-order valence-corrected chi connectivity index (χ2v) is 2.87. The number of rotatable bonds is 2. The van der Waals surface area contributed by atoms with Gasteiger partial charge in [-0.15, -0.1) is 11.6 Å². The predicted octanol–water partition coefficient (Wildman–Crippen LogP) is 2.47. The Labute approximate surface area is 79.7 Å². The average molecular weight is 205 g/mol. The summed E-state index contributed by atoms with van der Waals surface area (Å²) in [6.45, 7) is 0. The van der Waals surface area contributed by atoms with E-state index >= 15 is 0 Å². The topological polar surface area (TPSA) is 37.3 Å². The van der Waals surface area contributed by atoms with Crippen LogP contribution in [0.2, 0.25) is 5.02 Å². The molecule has 1 aromatic rings. The van der Waals surface area contributed by atoms with Crippen molar-refractivity contribution in [1.29, 1.82) is 0 Å². The summed E-state index contributed by atoms with van der Waals surface area (Å²) in [6.07, 6.45) is 0. The first kappa shape index (κ1) is 9.36. The molecule has 1 aromatic carbocycles. The predicted molar refractivity (Wildman–Crippen MR) is 48.2 cm³/mol. The number of hydrogen-bond donors (Lipinski definition) is 1. The highest BCUT2D eigenvalue weighted by atomic mass is 35.5. The molecule has 0 aliphatic heterocycles. The molecule has 12 heavy (non-hydrogen) atoms. The maximum Gasteiger partial charge on any atom is 0.182 e. The minimum Gasteiger partial charge on any atom is -0.507 e. The maximum absolute atomic E-state index is 11.1. The van der Waals surface area contributed by atoms with Crippen molar-refractivity contribution in [3.63, 3.8) is 0 Å². The van der Waals surface area contributed by atoms with E-state index in [9.17, 15) is 9.90 Å². The van der Waals surface area contributed by atoms with Crippen LogP contribution in [0.3, 0.4) is 0 Å². The van der Waals surface area contributed by atoms with Crippen molar-refractivity contribution in [3.05, 3.63) is 28.8 Å². The molecule has 1 rings (SSSR count). The van der Waals surface area contributed by atoms with Gasteiger partial charge in [0, 0.05) is 0 Å². The van der Waals surface area contributed by atoms with Gasteiger partial charge in [0.25, 0.3) is 0 Å². The number of carbonyl (C=O) groups is 1. The van der Waals surface area contributed by atoms with E-state index in [1.165, 1.54) is 12.1 Å². The van der Waals surface area contributed by atoms with Crippen molar-refractivity contribution in [2.24, 2.45) is 0 Å². The molecule has 0 amide bonds. The van der Waals surface area contributed by atoms with Crippen molar-refractivity contribution in [2.75, 3.05) is 5.88 Å². The van der Waals surface area contributed by atoms with Crippen LogP contribution in [-0.2, 0) is 0 Å². The first-order chi connectivity index (χ1) is 5.66. The minimum atomic E-state index is -0.375. The van der Waals surface area contributed by atoms with Crippen LogP contribution < -0.4 is 0 Å². The first-order valence-corrected chi connectivity index (χ1v) is 4.14. The molecule has 0 unspecified atom stereocenters. The van der Waals surface area contributed by atoms with Crippen molar-refractivity contribution >= 4 is 29.0 Å². The lowest BCUT2D eigenvalue weighted by Gasteiger charge is -2.02. The van der Waals surface area contributed by atoms with Gasteiger partial charge in [0.1, 0.15) is 5.75 Å². The Balaban J connectivity index is 3.21. The number of Topliss-reactive ketones (excluding diaryl/α,β-unsaturated/α-hetero) is 1. The first-order valence-electron chi connectivity index (χ1n) is 3.23. The highest BCUT2D eigenvalue weighted by Crippen LogP contribution is 2.25. The average Bonchev–Trinajstić information content (AvgIpc) is 2.03. The number of alkyl halides is 1. The highest BCUT2D eigenvalue weighted by molar-refractivity contribution is 6.37. The van der Waals surface area contributed by atoms with Gasteiger partial charge in [0.15, 0.2) is 5.78 Å². The summed E-state index contributed by atoms with van der Waals surface area (Å²) in [5.41, 5.74) is 0.0918. The minimum absolute atomic E-state index is 0.0918. The summed E-state index contributed by atoms with van der Waals surface area (Å²) in [7, 11) is 0. The lowest BCUT2D eigenvalue weighted by atomic mass is 10.1. The Hall–Kier alpha value is -0.730. The molecule has 0 heterocycles. The van der Waals surface area contributed by atoms with Gasteiger partial charge in [-0.2, -0.15) is 0 Å². The Bertz CT molecular complexity index is 290. The molecule has 0 saturated heterocycles. The quantitative estimate of drug-likeness (QED) is 0.594. The zero-order valence-electron chi connectivity index (χ0n) is 6.05. The van der Waals surface area contributed by atoms with Gasteiger partial charge in [0.05, 0.1) is 16.5 Å². The van der Waals surface area contributed by atoms with E-state index < -0.39 is 0 Å². The molecule has 4 heteroatoms. The molecular formula is C8H6Cl2O2. The number of phenols is 1. The van der Waals surface area contributed by atoms with Gasteiger partial charge in [-0.3, -0.25) is 4.79 Å². The lowest BCUT2D eigenvalue weighted by molar-refractivity contribution is 0.101. The van der Waals surface area contributed by atoms with E-state index in [1.54, 1.807) is 6.07 Å². The second-order valence-electron chi connectivity index (χ2n) is 2.19. The maximum atomic E-state index is 11.1. The van der Waals surface area contributed by atoms with E-state index in [2.05, 4.69) is 0 Å². The standard InChI is InChI=1S/C8H6Cl2O2/c9-4-7(12)8-5(10)2-1-3-6(8)11/h1-3,11H,4H2. The molecule has 0 spiro atoms. The van der Waals surface area contributed by atoms with Gasteiger partial charge in [-0.1, -0.05) is 17.7 Å². The molecule has 0 aliphatic carbocycles. The van der Waals surface area contributed by atoms with E-state index in [0.717, 1.165) is 0 Å². The Kier molecular flexibility index (Phi) is 2.95. The molecule has 0 aromatic heterocycles. The number of hydrogen-bond acceptors (Lipinski definition) is 2. The van der Waals surface area contributed by atoms with Crippen LogP contribution in [-0.4, -0.2) is 16.8 Å². The lowest BCUT2D eigenvalue weighted by Crippen LogP contribution is -2.01. The number of ketones is 1. The molecular weight excluding hydrogens is 199 g/mol. The third-order valence-electron chi connectivity index (χ3n) is 1.39. The third-order valence-corrected chi connectivity index (χ3v) is 1.95. The zero-order chi connectivity index (χ0) is 9.14. The zero-order valence-corrected chi connectivity index (χ0v) is 7.56. The smallest absolute Gasteiger partial charge is 0.182 e. The Morgan fingerprint density at radius 2 is 2.17 bits per heavy atom. The van der Waals surface area contributed by atoms with Crippen LogP contribution in [0.15, 0.2) is 18.2 Å². The largest absolute Gasteiger partial charge is 0.507 e. The third kappa shape index (κ3) is 1.71. The van der Waals surface area contributed by atoms with Gasteiger partial charge < -0.3 is 5.11 Å². The summed E-state index contributed by atoms with van der Waals surface area (Å²) in [5.74, 6) is -0.690. The molecule has 2 nitrogen and oxygen atoms in total. The van der Waals surface area contributed by atoms with Gasteiger partial charge >= 0.3 is 0 Å². The monoisotopic (exact) mass is 204 g/mol. The van der Waals surface area contributed by atoms with Gasteiger partial charge in [-0.05, 0) is 12.1 Å². The number of aromatic hydroxyl groups is 1. The van der Waals surface area contributed by atoms with E-state index in [-0.39, 0.29) is 28.0 Å². The van der Waals surface area contributed by atoms with Crippen LogP contribution in [0.25, 0.3) is 0 Å².